The second kappa shape index (κ2) is 8.49. The topological polar surface area (TPSA) is 79.8 Å². The van der Waals surface area contributed by atoms with Gasteiger partial charge in [0.1, 0.15) is 5.75 Å². The van der Waals surface area contributed by atoms with Gasteiger partial charge in [0.25, 0.3) is 5.91 Å². The Hall–Kier alpha value is -3.15. The SMILES string of the molecule is CCOc1ccc(C(=O)N/N=C(/C)c2cccc(NC(=O)C3CC3)c2)cc1. The predicted octanol–water partition coefficient (Wildman–Crippen LogP) is 3.59. The predicted molar refractivity (Wildman–Crippen MR) is 105 cm³/mol. The molecule has 0 saturated heterocycles. The molecule has 2 aromatic carbocycles. The van der Waals surface area contributed by atoms with Crippen molar-refractivity contribution in [3.63, 3.8) is 0 Å². The Morgan fingerprint density at radius 1 is 1.11 bits per heavy atom. The molecule has 6 heteroatoms. The van der Waals surface area contributed by atoms with Gasteiger partial charge in [0.05, 0.1) is 12.3 Å². The lowest BCUT2D eigenvalue weighted by molar-refractivity contribution is -0.117. The largest absolute Gasteiger partial charge is 0.494 e. The number of rotatable bonds is 7. The summed E-state index contributed by atoms with van der Waals surface area (Å²) in [6.45, 7) is 4.29. The van der Waals surface area contributed by atoms with E-state index in [1.807, 2.05) is 31.2 Å². The molecule has 0 aliphatic heterocycles. The summed E-state index contributed by atoms with van der Waals surface area (Å²) in [6.07, 6.45) is 1.92. The highest BCUT2D eigenvalue weighted by Crippen LogP contribution is 2.30. The highest BCUT2D eigenvalue weighted by atomic mass is 16.5. The van der Waals surface area contributed by atoms with Crippen LogP contribution in [0.5, 0.6) is 5.75 Å². The summed E-state index contributed by atoms with van der Waals surface area (Å²) in [6, 6.07) is 14.3. The Bertz CT molecular complexity index is 855. The van der Waals surface area contributed by atoms with Crippen molar-refractivity contribution >= 4 is 23.2 Å². The molecule has 1 aliphatic rings. The maximum atomic E-state index is 12.2. The van der Waals surface area contributed by atoms with E-state index in [9.17, 15) is 9.59 Å². The quantitative estimate of drug-likeness (QED) is 0.581. The first-order chi connectivity index (χ1) is 13.1. The summed E-state index contributed by atoms with van der Waals surface area (Å²) in [5, 5.41) is 7.08. The van der Waals surface area contributed by atoms with Crippen LogP contribution in [0.4, 0.5) is 5.69 Å². The molecule has 0 radical (unpaired) electrons. The second-order valence-corrected chi connectivity index (χ2v) is 6.44. The molecule has 0 atom stereocenters. The number of nitrogens with zero attached hydrogens (tertiary/aromatic N) is 1. The number of hydrogen-bond acceptors (Lipinski definition) is 4. The first kappa shape index (κ1) is 18.6. The van der Waals surface area contributed by atoms with Crippen molar-refractivity contribution in [1.29, 1.82) is 0 Å². The van der Waals surface area contributed by atoms with E-state index in [0.29, 0.717) is 17.9 Å². The zero-order valence-electron chi connectivity index (χ0n) is 15.5. The maximum Gasteiger partial charge on any atom is 0.271 e. The van der Waals surface area contributed by atoms with E-state index in [1.165, 1.54) is 0 Å². The average molecular weight is 365 g/mol. The van der Waals surface area contributed by atoms with E-state index in [2.05, 4.69) is 15.8 Å². The molecule has 0 spiro atoms. The standard InChI is InChI=1S/C21H23N3O3/c1-3-27-19-11-9-16(10-12-19)21(26)24-23-14(2)17-5-4-6-18(13-17)22-20(25)15-7-8-15/h4-6,9-13,15H,3,7-8H2,1-2H3,(H,22,25)(H,24,26)/b23-14-. The molecule has 0 aromatic heterocycles. The molecule has 6 nitrogen and oxygen atoms in total. The van der Waals surface area contributed by atoms with Gasteiger partial charge in [0.15, 0.2) is 0 Å². The second-order valence-electron chi connectivity index (χ2n) is 6.44. The van der Waals surface area contributed by atoms with Crippen molar-refractivity contribution in [3.05, 3.63) is 59.7 Å². The van der Waals surface area contributed by atoms with Gasteiger partial charge < -0.3 is 10.1 Å². The minimum Gasteiger partial charge on any atom is -0.494 e. The Morgan fingerprint density at radius 3 is 2.52 bits per heavy atom. The molecule has 0 unspecified atom stereocenters. The molecule has 2 N–H and O–H groups in total. The fourth-order valence-electron chi connectivity index (χ4n) is 2.54. The Balaban J connectivity index is 1.62. The number of hydrazone groups is 1. The van der Waals surface area contributed by atoms with E-state index < -0.39 is 0 Å². The number of amides is 2. The molecule has 2 amide bonds. The van der Waals surface area contributed by atoms with Crippen molar-refractivity contribution in [2.24, 2.45) is 11.0 Å². The van der Waals surface area contributed by atoms with E-state index >= 15 is 0 Å². The zero-order chi connectivity index (χ0) is 19.2. The summed E-state index contributed by atoms with van der Waals surface area (Å²) < 4.78 is 5.36. The van der Waals surface area contributed by atoms with Gasteiger partial charge in [-0.15, -0.1) is 0 Å². The summed E-state index contributed by atoms with van der Waals surface area (Å²) >= 11 is 0. The van der Waals surface area contributed by atoms with Crippen molar-refractivity contribution in [3.8, 4) is 5.75 Å². The van der Waals surface area contributed by atoms with Gasteiger partial charge >= 0.3 is 0 Å². The number of hydrogen-bond donors (Lipinski definition) is 2. The van der Waals surface area contributed by atoms with Crippen LogP contribution in [0.3, 0.4) is 0 Å². The lowest BCUT2D eigenvalue weighted by Gasteiger charge is -2.08. The van der Waals surface area contributed by atoms with Crippen LogP contribution < -0.4 is 15.5 Å². The van der Waals surface area contributed by atoms with Crippen LogP contribution in [-0.2, 0) is 4.79 Å². The number of carbonyl (C=O) groups excluding carboxylic acids is 2. The summed E-state index contributed by atoms with van der Waals surface area (Å²) in [5.74, 6) is 0.636. The van der Waals surface area contributed by atoms with Gasteiger partial charge in [0, 0.05) is 17.2 Å². The van der Waals surface area contributed by atoms with Crippen molar-refractivity contribution in [2.75, 3.05) is 11.9 Å². The minimum absolute atomic E-state index is 0.0607. The normalized spacial score (nSPS) is 13.8. The third-order valence-corrected chi connectivity index (χ3v) is 4.25. The maximum absolute atomic E-state index is 12.2. The molecular weight excluding hydrogens is 342 g/mol. The molecule has 140 valence electrons. The number of carbonyl (C=O) groups is 2. The summed E-state index contributed by atoms with van der Waals surface area (Å²) in [5.41, 5.74) is 5.27. The van der Waals surface area contributed by atoms with E-state index in [4.69, 9.17) is 4.74 Å². The number of nitrogens with one attached hydrogen (secondary N) is 2. The van der Waals surface area contributed by atoms with E-state index in [-0.39, 0.29) is 17.7 Å². The highest BCUT2D eigenvalue weighted by Gasteiger charge is 2.29. The third-order valence-electron chi connectivity index (χ3n) is 4.25. The van der Waals surface area contributed by atoms with Crippen molar-refractivity contribution in [1.82, 2.24) is 5.43 Å². The molecule has 1 fully saturated rings. The fourth-order valence-corrected chi connectivity index (χ4v) is 2.54. The Labute approximate surface area is 158 Å². The van der Waals surface area contributed by atoms with Crippen molar-refractivity contribution in [2.45, 2.75) is 26.7 Å². The first-order valence-corrected chi connectivity index (χ1v) is 9.05. The van der Waals surface area contributed by atoms with Gasteiger partial charge in [-0.25, -0.2) is 5.43 Å². The van der Waals surface area contributed by atoms with Gasteiger partial charge in [0.2, 0.25) is 5.91 Å². The molecule has 1 saturated carbocycles. The first-order valence-electron chi connectivity index (χ1n) is 9.05. The fraction of sp³-hybridized carbons (Fsp3) is 0.286. The average Bonchev–Trinajstić information content (AvgIpc) is 3.52. The van der Waals surface area contributed by atoms with Gasteiger partial charge in [-0.1, -0.05) is 12.1 Å². The van der Waals surface area contributed by atoms with Crippen LogP contribution in [0.25, 0.3) is 0 Å². The van der Waals surface area contributed by atoms with Crippen LogP contribution in [0.1, 0.15) is 42.6 Å². The molecule has 3 rings (SSSR count). The smallest absolute Gasteiger partial charge is 0.271 e. The molecular formula is C21H23N3O3. The zero-order valence-corrected chi connectivity index (χ0v) is 15.5. The van der Waals surface area contributed by atoms with E-state index in [0.717, 1.165) is 29.8 Å². The van der Waals surface area contributed by atoms with Gasteiger partial charge in [-0.05, 0) is 68.7 Å². The minimum atomic E-state index is -0.296. The Kier molecular flexibility index (Phi) is 5.86. The van der Waals surface area contributed by atoms with Gasteiger partial charge in [-0.3, -0.25) is 9.59 Å². The molecule has 0 heterocycles. The molecule has 1 aliphatic carbocycles. The number of ether oxygens (including phenoxy) is 1. The Morgan fingerprint density at radius 2 is 1.85 bits per heavy atom. The summed E-state index contributed by atoms with van der Waals surface area (Å²) in [7, 11) is 0. The van der Waals surface area contributed by atoms with Crippen LogP contribution >= 0.6 is 0 Å². The lowest BCUT2D eigenvalue weighted by Crippen LogP contribution is -2.19. The van der Waals surface area contributed by atoms with E-state index in [1.54, 1.807) is 31.2 Å². The number of benzene rings is 2. The van der Waals surface area contributed by atoms with Crippen LogP contribution in [0.2, 0.25) is 0 Å². The monoisotopic (exact) mass is 365 g/mol. The van der Waals surface area contributed by atoms with Crippen LogP contribution in [-0.4, -0.2) is 24.1 Å². The van der Waals surface area contributed by atoms with Crippen LogP contribution in [0, 0.1) is 5.92 Å². The van der Waals surface area contributed by atoms with Crippen LogP contribution in [0.15, 0.2) is 53.6 Å². The van der Waals surface area contributed by atoms with Crippen molar-refractivity contribution < 1.29 is 14.3 Å². The molecule has 27 heavy (non-hydrogen) atoms. The van der Waals surface area contributed by atoms with Gasteiger partial charge in [-0.2, -0.15) is 5.10 Å². The third kappa shape index (κ3) is 5.17. The number of anilines is 1. The summed E-state index contributed by atoms with van der Waals surface area (Å²) in [4.78, 5) is 24.1. The molecule has 0 bridgehead atoms. The lowest BCUT2D eigenvalue weighted by atomic mass is 10.1. The molecule has 2 aromatic rings. The highest BCUT2D eigenvalue weighted by molar-refractivity contribution is 6.02.